The Morgan fingerprint density at radius 3 is 2.35 bits per heavy atom. The minimum Gasteiger partial charge on any atom is -0.491 e. The molecule has 23 heavy (non-hydrogen) atoms. The van der Waals surface area contributed by atoms with Crippen molar-refractivity contribution < 1.29 is 19.4 Å². The number of ether oxygens (including phenoxy) is 1. The molecule has 0 aliphatic carbocycles. The number of benzene rings is 2. The van der Waals surface area contributed by atoms with Crippen molar-refractivity contribution in [3.05, 3.63) is 53.6 Å². The maximum atomic E-state index is 12.2. The van der Waals surface area contributed by atoms with Crippen LogP contribution in [0.15, 0.2) is 42.5 Å². The number of carboxylic acid groups (broad SMARTS) is 1. The summed E-state index contributed by atoms with van der Waals surface area (Å²) in [5.74, 6) is -0.797. The van der Waals surface area contributed by atoms with E-state index in [9.17, 15) is 9.59 Å². The Balaban J connectivity index is 2.08. The number of aromatic carboxylic acids is 1. The lowest BCUT2D eigenvalue weighted by atomic mass is 10.1. The van der Waals surface area contributed by atoms with Gasteiger partial charge in [-0.05, 0) is 48.9 Å². The third kappa shape index (κ3) is 4.23. The molecular formula is C17H18N2O4. The number of hydrogen-bond donors (Lipinski definition) is 3. The summed E-state index contributed by atoms with van der Waals surface area (Å²) in [5, 5.41) is 11.5. The SMILES string of the molecule is CCCOc1ccc(C(=O)Nc2ccc(C(=O)O)cc2)cc1N. The second-order valence-corrected chi connectivity index (χ2v) is 4.94. The van der Waals surface area contributed by atoms with Gasteiger partial charge in [-0.15, -0.1) is 0 Å². The summed E-state index contributed by atoms with van der Waals surface area (Å²) in [6.07, 6.45) is 0.869. The second kappa shape index (κ2) is 7.31. The highest BCUT2D eigenvalue weighted by Crippen LogP contribution is 2.23. The van der Waals surface area contributed by atoms with Crippen LogP contribution >= 0.6 is 0 Å². The molecule has 0 atom stereocenters. The number of anilines is 2. The van der Waals surface area contributed by atoms with Crippen molar-refractivity contribution in [2.24, 2.45) is 0 Å². The van der Waals surface area contributed by atoms with Gasteiger partial charge in [-0.2, -0.15) is 0 Å². The number of nitrogen functional groups attached to an aromatic ring is 1. The summed E-state index contributed by atoms with van der Waals surface area (Å²) in [7, 11) is 0. The van der Waals surface area contributed by atoms with Gasteiger partial charge >= 0.3 is 5.97 Å². The van der Waals surface area contributed by atoms with E-state index in [4.69, 9.17) is 15.6 Å². The van der Waals surface area contributed by atoms with Gasteiger partial charge in [-0.1, -0.05) is 6.92 Å². The van der Waals surface area contributed by atoms with Crippen molar-refractivity contribution in [1.29, 1.82) is 0 Å². The molecule has 120 valence electrons. The van der Waals surface area contributed by atoms with Gasteiger partial charge in [0.25, 0.3) is 5.91 Å². The number of nitrogens with one attached hydrogen (secondary N) is 1. The van der Waals surface area contributed by atoms with E-state index in [0.717, 1.165) is 6.42 Å². The van der Waals surface area contributed by atoms with Gasteiger partial charge in [0.05, 0.1) is 17.9 Å². The molecule has 0 aliphatic rings. The fourth-order valence-electron chi connectivity index (χ4n) is 1.93. The van der Waals surface area contributed by atoms with E-state index in [1.165, 1.54) is 24.3 Å². The smallest absolute Gasteiger partial charge is 0.335 e. The van der Waals surface area contributed by atoms with Gasteiger partial charge in [-0.25, -0.2) is 4.79 Å². The predicted molar refractivity (Wildman–Crippen MR) is 88.0 cm³/mol. The Hall–Kier alpha value is -3.02. The lowest BCUT2D eigenvalue weighted by Crippen LogP contribution is -2.12. The number of carboxylic acids is 1. The Labute approximate surface area is 133 Å². The van der Waals surface area contributed by atoms with E-state index < -0.39 is 5.97 Å². The van der Waals surface area contributed by atoms with E-state index in [1.54, 1.807) is 18.2 Å². The first kappa shape index (κ1) is 16.4. The molecule has 2 rings (SSSR count). The molecule has 2 aromatic rings. The zero-order valence-electron chi connectivity index (χ0n) is 12.7. The Morgan fingerprint density at radius 1 is 1.13 bits per heavy atom. The molecule has 0 bridgehead atoms. The summed E-state index contributed by atoms with van der Waals surface area (Å²) in [4.78, 5) is 23.0. The highest BCUT2D eigenvalue weighted by molar-refractivity contribution is 6.05. The van der Waals surface area contributed by atoms with Crippen LogP contribution in [0, 0.1) is 0 Å². The molecule has 0 unspecified atom stereocenters. The minimum absolute atomic E-state index is 0.157. The number of carbonyl (C=O) groups excluding carboxylic acids is 1. The lowest BCUT2D eigenvalue weighted by molar-refractivity contribution is 0.0696. The van der Waals surface area contributed by atoms with Crippen LogP contribution in [0.5, 0.6) is 5.75 Å². The maximum absolute atomic E-state index is 12.2. The van der Waals surface area contributed by atoms with Crippen molar-refractivity contribution in [3.63, 3.8) is 0 Å². The van der Waals surface area contributed by atoms with Crippen LogP contribution in [-0.2, 0) is 0 Å². The van der Waals surface area contributed by atoms with Crippen LogP contribution in [0.3, 0.4) is 0 Å². The minimum atomic E-state index is -1.02. The van der Waals surface area contributed by atoms with Gasteiger partial charge in [0.2, 0.25) is 0 Å². The van der Waals surface area contributed by atoms with E-state index in [2.05, 4.69) is 5.32 Å². The van der Waals surface area contributed by atoms with Gasteiger partial charge < -0.3 is 20.9 Å². The molecule has 1 amide bonds. The second-order valence-electron chi connectivity index (χ2n) is 4.94. The van der Waals surface area contributed by atoms with Crippen molar-refractivity contribution in [2.45, 2.75) is 13.3 Å². The predicted octanol–water partition coefficient (Wildman–Crippen LogP) is 3.01. The third-order valence-electron chi connectivity index (χ3n) is 3.12. The van der Waals surface area contributed by atoms with Crippen LogP contribution in [0.25, 0.3) is 0 Å². The molecule has 6 nitrogen and oxygen atoms in total. The number of carbonyl (C=O) groups is 2. The lowest BCUT2D eigenvalue weighted by Gasteiger charge is -2.10. The zero-order chi connectivity index (χ0) is 16.8. The molecule has 2 aromatic carbocycles. The van der Waals surface area contributed by atoms with Crippen molar-refractivity contribution in [3.8, 4) is 5.75 Å². The van der Waals surface area contributed by atoms with E-state index in [-0.39, 0.29) is 11.5 Å². The molecule has 0 spiro atoms. The summed E-state index contributed by atoms with van der Waals surface area (Å²) < 4.78 is 5.46. The highest BCUT2D eigenvalue weighted by atomic mass is 16.5. The standard InChI is InChI=1S/C17H18N2O4/c1-2-9-23-15-8-5-12(10-14(15)18)16(20)19-13-6-3-11(4-7-13)17(21)22/h3-8,10H,2,9,18H2,1H3,(H,19,20)(H,21,22). The topological polar surface area (TPSA) is 102 Å². The third-order valence-corrected chi connectivity index (χ3v) is 3.12. The fraction of sp³-hybridized carbons (Fsp3) is 0.176. The van der Waals surface area contributed by atoms with Crippen molar-refractivity contribution >= 4 is 23.3 Å². The normalized spacial score (nSPS) is 10.1. The van der Waals surface area contributed by atoms with Crippen LogP contribution in [0.1, 0.15) is 34.1 Å². The van der Waals surface area contributed by atoms with E-state index in [0.29, 0.717) is 29.3 Å². The van der Waals surface area contributed by atoms with Crippen molar-refractivity contribution in [2.75, 3.05) is 17.7 Å². The number of nitrogens with two attached hydrogens (primary N) is 1. The number of hydrogen-bond acceptors (Lipinski definition) is 4. The zero-order valence-corrected chi connectivity index (χ0v) is 12.7. The average Bonchev–Trinajstić information content (AvgIpc) is 2.54. The molecule has 0 saturated heterocycles. The molecule has 0 aromatic heterocycles. The summed E-state index contributed by atoms with van der Waals surface area (Å²) in [6, 6.07) is 10.7. The monoisotopic (exact) mass is 314 g/mol. The first-order valence-corrected chi connectivity index (χ1v) is 7.18. The van der Waals surface area contributed by atoms with Crippen LogP contribution in [0.2, 0.25) is 0 Å². The average molecular weight is 314 g/mol. The number of rotatable bonds is 6. The van der Waals surface area contributed by atoms with Gasteiger partial charge in [0, 0.05) is 11.3 Å². The molecule has 0 radical (unpaired) electrons. The van der Waals surface area contributed by atoms with Crippen molar-refractivity contribution in [1.82, 2.24) is 0 Å². The summed E-state index contributed by atoms with van der Waals surface area (Å²) in [6.45, 7) is 2.55. The quantitative estimate of drug-likeness (QED) is 0.711. The molecular weight excluding hydrogens is 296 g/mol. The Bertz CT molecular complexity index is 711. The van der Waals surface area contributed by atoms with E-state index >= 15 is 0 Å². The fourth-order valence-corrected chi connectivity index (χ4v) is 1.93. The van der Waals surface area contributed by atoms with Crippen LogP contribution in [0.4, 0.5) is 11.4 Å². The molecule has 0 fully saturated rings. The molecule has 0 aliphatic heterocycles. The van der Waals surface area contributed by atoms with Crippen LogP contribution < -0.4 is 15.8 Å². The first-order chi connectivity index (χ1) is 11.0. The molecule has 4 N–H and O–H groups in total. The van der Waals surface area contributed by atoms with Gasteiger partial charge in [0.1, 0.15) is 5.75 Å². The Kier molecular flexibility index (Phi) is 5.19. The highest BCUT2D eigenvalue weighted by Gasteiger charge is 2.10. The van der Waals surface area contributed by atoms with Crippen LogP contribution in [-0.4, -0.2) is 23.6 Å². The maximum Gasteiger partial charge on any atom is 0.335 e. The Morgan fingerprint density at radius 2 is 1.78 bits per heavy atom. The summed E-state index contributed by atoms with van der Waals surface area (Å²) >= 11 is 0. The van der Waals surface area contributed by atoms with Gasteiger partial charge in [0.15, 0.2) is 0 Å². The molecule has 6 heteroatoms. The first-order valence-electron chi connectivity index (χ1n) is 7.18. The largest absolute Gasteiger partial charge is 0.491 e. The van der Waals surface area contributed by atoms with Gasteiger partial charge in [-0.3, -0.25) is 4.79 Å². The van der Waals surface area contributed by atoms with E-state index in [1.807, 2.05) is 6.92 Å². The number of amides is 1. The summed E-state index contributed by atoms with van der Waals surface area (Å²) in [5.41, 5.74) is 7.33. The molecule has 0 saturated carbocycles. The molecule has 0 heterocycles.